The topological polar surface area (TPSA) is 94.1 Å². The van der Waals surface area contributed by atoms with E-state index in [1.807, 2.05) is 7.05 Å². The molecule has 0 radical (unpaired) electrons. The molecule has 0 bridgehead atoms. The second kappa shape index (κ2) is 5.92. The molecule has 0 aromatic carbocycles. The van der Waals surface area contributed by atoms with E-state index in [4.69, 9.17) is 10.6 Å². The van der Waals surface area contributed by atoms with Gasteiger partial charge in [0.2, 0.25) is 0 Å². The van der Waals surface area contributed by atoms with Crippen LogP contribution < -0.4 is 11.3 Å². The average molecular weight is 291 g/mol. The zero-order valence-corrected chi connectivity index (χ0v) is 12.4. The lowest BCUT2D eigenvalue weighted by Gasteiger charge is -2.20. The van der Waals surface area contributed by atoms with Gasteiger partial charge in [-0.3, -0.25) is 9.58 Å². The molecule has 0 aliphatic heterocycles. The lowest BCUT2D eigenvalue weighted by molar-refractivity contribution is 0.138. The van der Waals surface area contributed by atoms with Crippen LogP contribution in [0.4, 0.5) is 5.82 Å². The van der Waals surface area contributed by atoms with Gasteiger partial charge in [0.25, 0.3) is 0 Å². The van der Waals surface area contributed by atoms with Crippen molar-refractivity contribution in [2.24, 2.45) is 12.9 Å². The lowest BCUT2D eigenvalue weighted by atomic mass is 10.3. The average Bonchev–Trinajstić information content (AvgIpc) is 3.27. The predicted molar refractivity (Wildman–Crippen MR) is 79.4 cm³/mol. The minimum absolute atomic E-state index is 0.616. The molecule has 0 atom stereocenters. The second-order valence-corrected chi connectivity index (χ2v) is 5.33. The van der Waals surface area contributed by atoms with Crippen LogP contribution in [0.3, 0.4) is 0 Å². The molecule has 114 valence electrons. The fourth-order valence-electron chi connectivity index (χ4n) is 2.47. The SMILES string of the molecule is COCCN(Cc1nc(NN)c2cnn(C)c2n1)C1CC1. The van der Waals surface area contributed by atoms with Gasteiger partial charge in [-0.05, 0) is 12.8 Å². The van der Waals surface area contributed by atoms with E-state index in [1.165, 1.54) is 12.8 Å². The van der Waals surface area contributed by atoms with Gasteiger partial charge in [-0.2, -0.15) is 5.10 Å². The number of nitrogens with zero attached hydrogens (tertiary/aromatic N) is 5. The fraction of sp³-hybridized carbons (Fsp3) is 0.615. The number of methoxy groups -OCH3 is 1. The van der Waals surface area contributed by atoms with Crippen molar-refractivity contribution in [1.29, 1.82) is 0 Å². The number of nitrogens with two attached hydrogens (primary N) is 1. The van der Waals surface area contributed by atoms with Crippen LogP contribution in [0.15, 0.2) is 6.20 Å². The zero-order chi connectivity index (χ0) is 14.8. The van der Waals surface area contributed by atoms with Crippen molar-refractivity contribution < 1.29 is 4.74 Å². The highest BCUT2D eigenvalue weighted by atomic mass is 16.5. The Morgan fingerprint density at radius 3 is 2.95 bits per heavy atom. The van der Waals surface area contributed by atoms with Crippen molar-refractivity contribution >= 4 is 16.9 Å². The zero-order valence-electron chi connectivity index (χ0n) is 12.4. The van der Waals surface area contributed by atoms with Crippen LogP contribution in [0.5, 0.6) is 0 Å². The molecular weight excluding hydrogens is 270 g/mol. The Morgan fingerprint density at radius 2 is 2.29 bits per heavy atom. The molecule has 1 fully saturated rings. The molecule has 1 aliphatic rings. The van der Waals surface area contributed by atoms with Crippen LogP contribution in [0.2, 0.25) is 0 Å². The van der Waals surface area contributed by atoms with Crippen molar-refractivity contribution in [1.82, 2.24) is 24.6 Å². The number of rotatable bonds is 7. The van der Waals surface area contributed by atoms with Crippen LogP contribution in [-0.2, 0) is 18.3 Å². The number of hydrogen-bond acceptors (Lipinski definition) is 7. The van der Waals surface area contributed by atoms with Crippen molar-refractivity contribution in [3.63, 3.8) is 0 Å². The minimum atomic E-state index is 0.616. The van der Waals surface area contributed by atoms with E-state index in [9.17, 15) is 0 Å². The normalized spacial score (nSPS) is 15.0. The molecule has 0 spiro atoms. The van der Waals surface area contributed by atoms with Crippen molar-refractivity contribution in [2.45, 2.75) is 25.4 Å². The van der Waals surface area contributed by atoms with Crippen LogP contribution in [0, 0.1) is 0 Å². The van der Waals surface area contributed by atoms with E-state index >= 15 is 0 Å². The van der Waals surface area contributed by atoms with Crippen LogP contribution >= 0.6 is 0 Å². The Morgan fingerprint density at radius 1 is 1.48 bits per heavy atom. The molecule has 1 aliphatic carbocycles. The molecule has 0 unspecified atom stereocenters. The van der Waals surface area contributed by atoms with Crippen LogP contribution in [0.1, 0.15) is 18.7 Å². The van der Waals surface area contributed by atoms with Crippen molar-refractivity contribution in [3.8, 4) is 0 Å². The maximum atomic E-state index is 5.57. The number of hydrogen-bond donors (Lipinski definition) is 2. The maximum Gasteiger partial charge on any atom is 0.163 e. The summed E-state index contributed by atoms with van der Waals surface area (Å²) in [4.78, 5) is 11.5. The fourth-order valence-corrected chi connectivity index (χ4v) is 2.47. The Labute approximate surface area is 123 Å². The van der Waals surface area contributed by atoms with E-state index < -0.39 is 0 Å². The molecule has 8 nitrogen and oxygen atoms in total. The third-order valence-corrected chi connectivity index (χ3v) is 3.77. The number of hydrazine groups is 1. The van der Waals surface area contributed by atoms with E-state index in [2.05, 4.69) is 25.4 Å². The highest BCUT2D eigenvalue weighted by molar-refractivity contribution is 5.86. The molecular formula is C13H21N7O. The molecule has 3 rings (SSSR count). The minimum Gasteiger partial charge on any atom is -0.383 e. The van der Waals surface area contributed by atoms with E-state index in [-0.39, 0.29) is 0 Å². The van der Waals surface area contributed by atoms with Crippen molar-refractivity contribution in [2.75, 3.05) is 25.7 Å². The molecule has 0 saturated heterocycles. The van der Waals surface area contributed by atoms with E-state index in [0.717, 1.165) is 23.4 Å². The molecule has 21 heavy (non-hydrogen) atoms. The Bertz CT molecular complexity index is 622. The number of aryl methyl sites for hydroxylation is 1. The Balaban J connectivity index is 1.86. The van der Waals surface area contributed by atoms with Gasteiger partial charge in [0.15, 0.2) is 11.5 Å². The maximum absolute atomic E-state index is 5.57. The molecule has 1 saturated carbocycles. The molecule has 2 aromatic rings. The molecule has 3 N–H and O–H groups in total. The largest absolute Gasteiger partial charge is 0.383 e. The molecule has 8 heteroatoms. The van der Waals surface area contributed by atoms with E-state index in [0.29, 0.717) is 25.0 Å². The molecule has 2 heterocycles. The highest BCUT2D eigenvalue weighted by Crippen LogP contribution is 2.28. The lowest BCUT2D eigenvalue weighted by Crippen LogP contribution is -2.30. The van der Waals surface area contributed by atoms with Gasteiger partial charge in [0.05, 0.1) is 24.7 Å². The predicted octanol–water partition coefficient (Wildman–Crippen LogP) is 0.260. The monoisotopic (exact) mass is 291 g/mol. The summed E-state index contributed by atoms with van der Waals surface area (Å²) < 4.78 is 6.91. The third-order valence-electron chi connectivity index (χ3n) is 3.77. The van der Waals surface area contributed by atoms with Gasteiger partial charge < -0.3 is 10.2 Å². The summed E-state index contributed by atoms with van der Waals surface area (Å²) in [6.45, 7) is 2.30. The van der Waals surface area contributed by atoms with Gasteiger partial charge in [0, 0.05) is 26.7 Å². The second-order valence-electron chi connectivity index (χ2n) is 5.33. The quantitative estimate of drug-likeness (QED) is 0.558. The van der Waals surface area contributed by atoms with Gasteiger partial charge >= 0.3 is 0 Å². The summed E-state index contributed by atoms with van der Waals surface area (Å²) in [5.41, 5.74) is 3.42. The molecule has 2 aromatic heterocycles. The first-order valence-corrected chi connectivity index (χ1v) is 7.11. The smallest absolute Gasteiger partial charge is 0.163 e. The Kier molecular flexibility index (Phi) is 4.00. The standard InChI is InChI=1S/C13H21N7O/c1-19-13-10(7-15-19)12(18-14)16-11(17-13)8-20(5-6-21-2)9-3-4-9/h7,9H,3-6,8,14H2,1-2H3,(H,16,17,18). The Hall–Kier alpha value is -1.77. The molecule has 0 amide bonds. The van der Waals surface area contributed by atoms with Gasteiger partial charge in [-0.1, -0.05) is 0 Å². The first-order chi connectivity index (χ1) is 10.2. The summed E-state index contributed by atoms with van der Waals surface area (Å²) in [7, 11) is 3.59. The first-order valence-electron chi connectivity index (χ1n) is 7.11. The third kappa shape index (κ3) is 2.97. The van der Waals surface area contributed by atoms with Gasteiger partial charge in [0.1, 0.15) is 5.82 Å². The van der Waals surface area contributed by atoms with E-state index in [1.54, 1.807) is 18.0 Å². The van der Waals surface area contributed by atoms with Crippen LogP contribution in [-0.4, -0.2) is 51.0 Å². The summed E-state index contributed by atoms with van der Waals surface area (Å²) in [6, 6.07) is 0.625. The van der Waals surface area contributed by atoms with Gasteiger partial charge in [-0.25, -0.2) is 15.8 Å². The van der Waals surface area contributed by atoms with Gasteiger partial charge in [-0.15, -0.1) is 0 Å². The number of ether oxygens (including phenoxy) is 1. The highest BCUT2D eigenvalue weighted by Gasteiger charge is 2.29. The summed E-state index contributed by atoms with van der Waals surface area (Å²) in [5.74, 6) is 6.93. The summed E-state index contributed by atoms with van der Waals surface area (Å²) in [6.07, 6.45) is 4.19. The number of nitrogens with one attached hydrogen (secondary N) is 1. The number of fused-ring (bicyclic) bond motifs is 1. The van der Waals surface area contributed by atoms with Crippen molar-refractivity contribution in [3.05, 3.63) is 12.0 Å². The number of nitrogen functional groups attached to an aromatic ring is 1. The summed E-state index contributed by atoms with van der Waals surface area (Å²) >= 11 is 0. The summed E-state index contributed by atoms with van der Waals surface area (Å²) in [5, 5.41) is 5.04. The number of aromatic nitrogens is 4. The van der Waals surface area contributed by atoms with Crippen LogP contribution in [0.25, 0.3) is 11.0 Å². The first kappa shape index (κ1) is 14.2. The number of anilines is 1.